The Hall–Kier alpha value is -2.12. The molecule has 0 saturated carbocycles. The van der Waals surface area contributed by atoms with Crippen molar-refractivity contribution in [3.63, 3.8) is 0 Å². The van der Waals surface area contributed by atoms with Crippen molar-refractivity contribution < 1.29 is 26.8 Å². The average molecular weight is 350 g/mol. The van der Waals surface area contributed by atoms with Gasteiger partial charge in [0.1, 0.15) is 5.84 Å². The average Bonchev–Trinajstić information content (AvgIpc) is 2.67. The molecule has 2 bridgehead atoms. The summed E-state index contributed by atoms with van der Waals surface area (Å²) in [5, 5.41) is 13.7. The predicted octanol–water partition coefficient (Wildman–Crippen LogP) is -1.78. The zero-order chi connectivity index (χ0) is 17.2. The van der Waals surface area contributed by atoms with Crippen molar-refractivity contribution in [2.75, 3.05) is 19.6 Å². The number of hydroxylamine groups is 2. The number of piperidine rings is 1. The fourth-order valence-electron chi connectivity index (χ4n) is 2.63. The van der Waals surface area contributed by atoms with Crippen molar-refractivity contribution in [1.82, 2.24) is 20.6 Å². The van der Waals surface area contributed by atoms with Gasteiger partial charge in [-0.25, -0.2) is 9.59 Å². The van der Waals surface area contributed by atoms with Crippen LogP contribution < -0.4 is 16.4 Å². The maximum Gasteiger partial charge on any atom is 0.418 e. The van der Waals surface area contributed by atoms with Gasteiger partial charge in [-0.05, 0) is 12.8 Å². The molecular weight excluding hydrogens is 332 g/mol. The SMILES string of the molecule is N=C(NCCNC(N)=O)[C@@H]1CC[C@@H]2CN1C(=O)N2OS(=O)(=O)O. The number of carbonyl (C=O) groups is 2. The zero-order valence-corrected chi connectivity index (χ0v) is 12.9. The molecule has 2 atom stereocenters. The van der Waals surface area contributed by atoms with E-state index in [9.17, 15) is 18.0 Å². The van der Waals surface area contributed by atoms with Crippen LogP contribution in [0.1, 0.15) is 12.8 Å². The summed E-state index contributed by atoms with van der Waals surface area (Å²) in [5.74, 6) is 0.0665. The van der Waals surface area contributed by atoms with Crippen molar-refractivity contribution in [3.05, 3.63) is 0 Å². The van der Waals surface area contributed by atoms with E-state index in [4.69, 9.17) is 15.7 Å². The van der Waals surface area contributed by atoms with Gasteiger partial charge in [0.2, 0.25) is 0 Å². The number of primary amides is 1. The molecule has 130 valence electrons. The molecule has 0 spiro atoms. The summed E-state index contributed by atoms with van der Waals surface area (Å²) >= 11 is 0. The third kappa shape index (κ3) is 4.20. The van der Waals surface area contributed by atoms with Crippen LogP contribution in [0.2, 0.25) is 0 Å². The van der Waals surface area contributed by atoms with Crippen LogP contribution >= 0.6 is 0 Å². The second-order valence-electron chi connectivity index (χ2n) is 5.14. The van der Waals surface area contributed by atoms with Crippen LogP contribution in [0.25, 0.3) is 0 Å². The summed E-state index contributed by atoms with van der Waals surface area (Å²) < 4.78 is 34.6. The molecule has 4 amide bonds. The molecule has 2 rings (SSSR count). The first-order valence-electron chi connectivity index (χ1n) is 6.81. The summed E-state index contributed by atoms with van der Waals surface area (Å²) in [7, 11) is -4.79. The van der Waals surface area contributed by atoms with Crippen LogP contribution in [0.5, 0.6) is 0 Å². The Balaban J connectivity index is 1.93. The van der Waals surface area contributed by atoms with E-state index in [0.29, 0.717) is 17.9 Å². The van der Waals surface area contributed by atoms with E-state index in [-0.39, 0.29) is 25.5 Å². The summed E-state index contributed by atoms with van der Waals surface area (Å²) in [6.45, 7) is 0.677. The number of nitrogens with one attached hydrogen (secondary N) is 3. The Morgan fingerprint density at radius 2 is 2.04 bits per heavy atom. The lowest BCUT2D eigenvalue weighted by atomic mass is 10.00. The van der Waals surface area contributed by atoms with Crippen LogP contribution in [0, 0.1) is 5.41 Å². The Kier molecular flexibility index (Phi) is 4.91. The maximum atomic E-state index is 12.2. The first kappa shape index (κ1) is 17.2. The van der Waals surface area contributed by atoms with Gasteiger partial charge in [0, 0.05) is 19.6 Å². The van der Waals surface area contributed by atoms with E-state index in [1.54, 1.807) is 0 Å². The molecule has 2 saturated heterocycles. The van der Waals surface area contributed by atoms with Crippen LogP contribution in [0.4, 0.5) is 9.59 Å². The molecule has 2 aliphatic heterocycles. The Bertz CT molecular complexity index is 609. The van der Waals surface area contributed by atoms with E-state index < -0.39 is 34.5 Å². The van der Waals surface area contributed by atoms with Crippen molar-refractivity contribution in [1.29, 1.82) is 5.41 Å². The van der Waals surface area contributed by atoms with Crippen molar-refractivity contribution in [3.8, 4) is 0 Å². The van der Waals surface area contributed by atoms with E-state index in [1.807, 2.05) is 0 Å². The summed E-state index contributed by atoms with van der Waals surface area (Å²) in [6.07, 6.45) is 0.864. The second-order valence-corrected chi connectivity index (χ2v) is 6.15. The lowest BCUT2D eigenvalue weighted by Crippen LogP contribution is -2.50. The standard InChI is InChI=1S/C10H18N6O6S/c11-8(13-3-4-14-9(12)17)7-2-1-6-5-15(7)10(18)16(6)22-23(19,20)21/h6-7H,1-5H2,(H2,11,13)(H3,12,14,17)(H,19,20,21)/t6-,7+/m1/s1. The van der Waals surface area contributed by atoms with Crippen LogP contribution in [0.15, 0.2) is 0 Å². The summed E-state index contributed by atoms with van der Waals surface area (Å²) in [6, 6.07) is -2.45. The van der Waals surface area contributed by atoms with E-state index in [2.05, 4.69) is 14.9 Å². The highest BCUT2D eigenvalue weighted by atomic mass is 32.3. The number of rotatable bonds is 6. The molecule has 0 aromatic carbocycles. The van der Waals surface area contributed by atoms with Crippen LogP contribution in [-0.2, 0) is 14.7 Å². The molecule has 2 fully saturated rings. The molecule has 13 heteroatoms. The summed E-state index contributed by atoms with van der Waals surface area (Å²) in [5.41, 5.74) is 4.91. The molecule has 0 radical (unpaired) electrons. The normalized spacial score (nSPS) is 23.8. The minimum Gasteiger partial charge on any atom is -0.371 e. The number of hydrogen-bond acceptors (Lipinski definition) is 6. The first-order chi connectivity index (χ1) is 10.7. The van der Waals surface area contributed by atoms with Crippen LogP contribution in [0.3, 0.4) is 0 Å². The largest absolute Gasteiger partial charge is 0.418 e. The monoisotopic (exact) mass is 350 g/mol. The van der Waals surface area contributed by atoms with Crippen LogP contribution in [-0.4, -0.2) is 72.5 Å². The molecule has 2 heterocycles. The molecular formula is C10H18N6O6S. The lowest BCUT2D eigenvalue weighted by molar-refractivity contribution is -0.0316. The fourth-order valence-corrected chi connectivity index (χ4v) is 3.02. The van der Waals surface area contributed by atoms with E-state index in [1.165, 1.54) is 4.90 Å². The summed E-state index contributed by atoms with van der Waals surface area (Å²) in [4.78, 5) is 24.0. The second kappa shape index (κ2) is 6.55. The number of carbonyl (C=O) groups excluding carboxylic acids is 2. The first-order valence-corrected chi connectivity index (χ1v) is 8.18. The number of fused-ring (bicyclic) bond motifs is 2. The van der Waals surface area contributed by atoms with Gasteiger partial charge in [0.05, 0.1) is 12.1 Å². The molecule has 6 N–H and O–H groups in total. The van der Waals surface area contributed by atoms with Gasteiger partial charge < -0.3 is 21.3 Å². The quantitative estimate of drug-likeness (QED) is 0.163. The van der Waals surface area contributed by atoms with Gasteiger partial charge in [0.25, 0.3) is 0 Å². The van der Waals surface area contributed by atoms with E-state index >= 15 is 0 Å². The minimum absolute atomic E-state index is 0.0665. The molecule has 0 aliphatic carbocycles. The smallest absolute Gasteiger partial charge is 0.371 e. The van der Waals surface area contributed by atoms with Gasteiger partial charge in [-0.1, -0.05) is 0 Å². The van der Waals surface area contributed by atoms with Crippen molar-refractivity contribution in [2.45, 2.75) is 24.9 Å². The number of nitrogens with zero attached hydrogens (tertiary/aromatic N) is 2. The van der Waals surface area contributed by atoms with Gasteiger partial charge in [0.15, 0.2) is 0 Å². The highest BCUT2D eigenvalue weighted by molar-refractivity contribution is 7.80. The topological polar surface area (TPSA) is 178 Å². The van der Waals surface area contributed by atoms with Gasteiger partial charge >= 0.3 is 22.5 Å². The van der Waals surface area contributed by atoms with Gasteiger partial charge in [-0.3, -0.25) is 9.96 Å². The van der Waals surface area contributed by atoms with E-state index in [0.717, 1.165) is 0 Å². The maximum absolute atomic E-state index is 12.2. The molecule has 0 unspecified atom stereocenters. The number of amidine groups is 1. The highest BCUT2D eigenvalue weighted by Crippen LogP contribution is 2.30. The molecule has 0 aromatic heterocycles. The number of hydrogen-bond donors (Lipinski definition) is 5. The molecule has 0 aromatic rings. The number of nitrogens with two attached hydrogens (primary N) is 1. The fraction of sp³-hybridized carbons (Fsp3) is 0.700. The minimum atomic E-state index is -4.79. The van der Waals surface area contributed by atoms with Gasteiger partial charge in [-0.15, -0.1) is 4.28 Å². The lowest BCUT2D eigenvalue weighted by Gasteiger charge is -2.31. The van der Waals surface area contributed by atoms with Crippen molar-refractivity contribution >= 4 is 28.3 Å². The zero-order valence-electron chi connectivity index (χ0n) is 12.1. The third-order valence-corrected chi connectivity index (χ3v) is 3.92. The molecule has 12 nitrogen and oxygen atoms in total. The highest BCUT2D eigenvalue weighted by Gasteiger charge is 2.48. The van der Waals surface area contributed by atoms with Gasteiger partial charge in [-0.2, -0.15) is 13.5 Å². The predicted molar refractivity (Wildman–Crippen MR) is 76.7 cm³/mol. The number of urea groups is 2. The molecule has 2 aliphatic rings. The Labute approximate surface area is 132 Å². The third-order valence-electron chi connectivity index (χ3n) is 3.57. The Morgan fingerprint density at radius 1 is 1.39 bits per heavy atom. The van der Waals surface area contributed by atoms with Crippen molar-refractivity contribution in [2.24, 2.45) is 5.73 Å². The molecule has 23 heavy (non-hydrogen) atoms. The number of amides is 4. The Morgan fingerprint density at radius 3 is 2.65 bits per heavy atom.